The number of carbonyl (C=O) groups is 4. The molecule has 19 nitrogen and oxygen atoms in total. The first-order valence-electron chi connectivity index (χ1n) is 51.0. The van der Waals surface area contributed by atoms with Gasteiger partial charge in [0.05, 0.1) is 72.7 Å². The standard InChI is InChI=1S/C40H57NO6.C39H54O6.C37H55NO5/c1-6-7-8-9-10-11-12-15-25-44-37-18-16-33(29-35(37)20-26-46-39(42)31(2)3)34-17-19-38(45-28-24-41-22-13-14-23-41)36(30-34)21-27-47-40(43)32(4)5;1-7-8-9-10-11-12-13-14-22-43-37-17-15-32(26-34(37)20-25-44-39(40)30(4)5)33-16-18-38(45-36-21-23-41-28-36)35(27-33)19-24-42-31(6)29(2)3;1-5-6-7-8-9-10-11-12-23-41-34-16-17-35(30(4)25-34)32-15-18-36(43-28-40-27-31-19-21-38-22-20-31)33(26-32)14-13-24-42-37(39)29(2)3/h16-19,29-30H,2,4,6-15,20-28H2,1,3,5H3;15-18,26-27,36H,2,4,6-14,19-25,28H2,1,3,5H3;15-18,25-26,31,38H,2,5-14,19-24,27-28H2,1,3-4H3. The molecule has 6 aromatic rings. The van der Waals surface area contributed by atoms with E-state index in [1.54, 1.807) is 27.7 Å². The molecule has 6 aromatic carbocycles. The Bertz CT molecular complexity index is 4560. The number of nitrogens with one attached hydrogen (secondary N) is 1. The predicted molar refractivity (Wildman–Crippen MR) is 549 cm³/mol. The van der Waals surface area contributed by atoms with Gasteiger partial charge in [0.25, 0.3) is 0 Å². The molecule has 0 spiro atoms. The van der Waals surface area contributed by atoms with Gasteiger partial charge in [0.15, 0.2) is 6.79 Å². The van der Waals surface area contributed by atoms with Crippen LogP contribution in [0.5, 0.6) is 34.5 Å². The summed E-state index contributed by atoms with van der Waals surface area (Å²) in [6.07, 6.45) is 39.7. The zero-order valence-corrected chi connectivity index (χ0v) is 84.2. The molecule has 0 aliphatic carbocycles. The number of hydrogen-bond donors (Lipinski definition) is 1. The average molecular weight is 1860 g/mol. The van der Waals surface area contributed by atoms with Gasteiger partial charge in [-0.15, -0.1) is 0 Å². The van der Waals surface area contributed by atoms with Crippen molar-refractivity contribution in [3.63, 3.8) is 0 Å². The Morgan fingerprint density at radius 1 is 0.378 bits per heavy atom. The summed E-state index contributed by atoms with van der Waals surface area (Å²) in [6.45, 7) is 51.8. The molecular weight excluding hydrogens is 1690 g/mol. The molecule has 0 radical (unpaired) electrons. The minimum Gasteiger partial charge on any atom is -0.494 e. The minimum atomic E-state index is -0.391. The van der Waals surface area contributed by atoms with Gasteiger partial charge >= 0.3 is 23.9 Å². The third-order valence-corrected chi connectivity index (χ3v) is 24.6. The Kier molecular flexibility index (Phi) is 55.2. The predicted octanol–water partition coefficient (Wildman–Crippen LogP) is 26.6. The molecule has 0 amide bonds. The third-order valence-electron chi connectivity index (χ3n) is 24.6. The van der Waals surface area contributed by atoms with Crippen LogP contribution < -0.4 is 33.7 Å². The van der Waals surface area contributed by atoms with Crippen molar-refractivity contribution in [2.75, 3.05) is 119 Å². The van der Waals surface area contributed by atoms with Crippen LogP contribution in [0.3, 0.4) is 0 Å². The van der Waals surface area contributed by atoms with Crippen LogP contribution in [0.4, 0.5) is 0 Å². The molecule has 1 atom stereocenters. The van der Waals surface area contributed by atoms with Crippen LogP contribution in [0, 0.1) is 12.8 Å². The van der Waals surface area contributed by atoms with Crippen LogP contribution in [0.1, 0.15) is 281 Å². The van der Waals surface area contributed by atoms with Gasteiger partial charge < -0.3 is 66.9 Å². The number of nitrogens with zero attached hydrogens (tertiary/aromatic N) is 1. The summed E-state index contributed by atoms with van der Waals surface area (Å²) >= 11 is 0. The van der Waals surface area contributed by atoms with E-state index in [4.69, 9.17) is 61.6 Å². The Hall–Kier alpha value is -9.92. The smallest absolute Gasteiger partial charge is 0.333 e. The first-order chi connectivity index (χ1) is 65.5. The summed E-state index contributed by atoms with van der Waals surface area (Å²) in [6, 6.07) is 37.6. The molecule has 1 N–H and O–H groups in total. The molecular formula is C116H166N2O17. The topological polar surface area (TPSA) is 204 Å². The molecule has 3 saturated heterocycles. The van der Waals surface area contributed by atoms with Gasteiger partial charge in [-0.3, -0.25) is 4.90 Å². The lowest BCUT2D eigenvalue weighted by Crippen LogP contribution is -2.30. The molecule has 3 fully saturated rings. The number of rotatable bonds is 66. The van der Waals surface area contributed by atoms with E-state index < -0.39 is 5.97 Å². The van der Waals surface area contributed by atoms with Crippen molar-refractivity contribution < 1.29 is 80.8 Å². The van der Waals surface area contributed by atoms with Crippen molar-refractivity contribution in [1.82, 2.24) is 10.2 Å². The van der Waals surface area contributed by atoms with Crippen LogP contribution in [0.2, 0.25) is 0 Å². The maximum atomic E-state index is 12.0. The number of ether oxygens (including phenoxy) is 13. The number of hydrogen-bond acceptors (Lipinski definition) is 19. The highest BCUT2D eigenvalue weighted by Crippen LogP contribution is 2.37. The summed E-state index contributed by atoms with van der Waals surface area (Å²) in [5.41, 5.74) is 15.1. The highest BCUT2D eigenvalue weighted by Gasteiger charge is 2.23. The monoisotopic (exact) mass is 1860 g/mol. The van der Waals surface area contributed by atoms with Crippen LogP contribution in [0.25, 0.3) is 33.4 Å². The molecule has 3 aliphatic rings. The van der Waals surface area contributed by atoms with Gasteiger partial charge in [0.2, 0.25) is 0 Å². The largest absolute Gasteiger partial charge is 0.494 e. The zero-order chi connectivity index (χ0) is 97.0. The first kappa shape index (κ1) is 112. The quantitative estimate of drug-likeness (QED) is 0.00717. The van der Waals surface area contributed by atoms with Crippen molar-refractivity contribution in [1.29, 1.82) is 0 Å². The molecule has 3 aliphatic heterocycles. The second-order valence-corrected chi connectivity index (χ2v) is 36.7. The number of unbranched alkanes of at least 4 members (excludes halogenated alkanes) is 21. The first-order valence-corrected chi connectivity index (χ1v) is 51.0. The van der Waals surface area contributed by atoms with E-state index >= 15 is 0 Å². The van der Waals surface area contributed by atoms with Gasteiger partial charge in [-0.05, 0) is 277 Å². The van der Waals surface area contributed by atoms with Crippen molar-refractivity contribution in [2.45, 2.75) is 293 Å². The molecule has 9 rings (SSSR count). The molecule has 3 heterocycles. The number of benzene rings is 6. The van der Waals surface area contributed by atoms with Gasteiger partial charge in [0, 0.05) is 60.9 Å². The number of likely N-dealkylation sites (tertiary alicyclic amines) is 1. The second-order valence-electron chi connectivity index (χ2n) is 36.7. The number of esters is 4. The van der Waals surface area contributed by atoms with E-state index in [1.807, 2.05) is 37.3 Å². The van der Waals surface area contributed by atoms with Crippen molar-refractivity contribution in [3.05, 3.63) is 216 Å². The van der Waals surface area contributed by atoms with Crippen LogP contribution in [-0.4, -0.2) is 154 Å². The van der Waals surface area contributed by atoms with Gasteiger partial charge in [0.1, 0.15) is 53.0 Å². The molecule has 0 saturated carbocycles. The Morgan fingerprint density at radius 2 is 0.756 bits per heavy atom. The van der Waals surface area contributed by atoms with Crippen LogP contribution in [0.15, 0.2) is 182 Å². The fourth-order valence-electron chi connectivity index (χ4n) is 16.3. The van der Waals surface area contributed by atoms with E-state index in [0.717, 1.165) is 200 Å². The van der Waals surface area contributed by atoms with E-state index in [2.05, 4.69) is 156 Å². The molecule has 1 unspecified atom stereocenters. The molecule has 0 bridgehead atoms. The lowest BCUT2D eigenvalue weighted by molar-refractivity contribution is -0.139. The van der Waals surface area contributed by atoms with Gasteiger partial charge in [-0.2, -0.15) is 0 Å². The maximum Gasteiger partial charge on any atom is 0.333 e. The second kappa shape index (κ2) is 66.5. The molecule has 0 aromatic heterocycles. The van der Waals surface area contributed by atoms with Gasteiger partial charge in [-0.25, -0.2) is 19.2 Å². The van der Waals surface area contributed by atoms with Crippen LogP contribution in [-0.2, 0) is 84.4 Å². The SMILES string of the molecule is C=C(C)C(=C)OCCc1cc(-c2ccc(OCCCCCCCCCC)c(CCOC(=O)C(=C)C)c2)ccc1OC1CCOC1.C=C(C)C(=O)OCCCc1cc(-c2ccc(OCCCCCCCCCC)cc2C)ccc1OCOCC1CCNCC1.C=C(C)C(=O)OCCc1cc(-c2ccc(OCCN3CCCC3)c(CCOC(=O)C(=C)C)c2)ccc1OCCCCCCCCCC. The number of piperidine rings is 1. The number of carbonyl (C=O) groups excluding carboxylic acids is 4. The van der Waals surface area contributed by atoms with Gasteiger partial charge in [-0.1, -0.05) is 231 Å². The molecule has 742 valence electrons. The Balaban J connectivity index is 0.000000276. The van der Waals surface area contributed by atoms with E-state index in [1.165, 1.54) is 152 Å². The van der Waals surface area contributed by atoms with E-state index in [9.17, 15) is 19.2 Å². The fourth-order valence-corrected chi connectivity index (χ4v) is 16.3. The van der Waals surface area contributed by atoms with E-state index in [0.29, 0.717) is 106 Å². The number of aryl methyl sites for hydroxylation is 2. The lowest BCUT2D eigenvalue weighted by Gasteiger charge is -2.22. The summed E-state index contributed by atoms with van der Waals surface area (Å²) < 4.78 is 76.2. The minimum absolute atomic E-state index is 0.0481. The molecule has 19 heteroatoms. The van der Waals surface area contributed by atoms with Crippen molar-refractivity contribution in [3.8, 4) is 67.9 Å². The van der Waals surface area contributed by atoms with E-state index in [-0.39, 0.29) is 50.6 Å². The Labute approximate surface area is 811 Å². The molecule has 135 heavy (non-hydrogen) atoms. The maximum absolute atomic E-state index is 12.0. The highest BCUT2D eigenvalue weighted by molar-refractivity contribution is 5.88. The third kappa shape index (κ3) is 44.8. The van der Waals surface area contributed by atoms with Crippen molar-refractivity contribution in [2.24, 2.45) is 5.92 Å². The summed E-state index contributed by atoms with van der Waals surface area (Å²) in [5, 5.41) is 3.39. The zero-order valence-electron chi connectivity index (χ0n) is 84.2. The van der Waals surface area contributed by atoms with Crippen molar-refractivity contribution >= 4 is 23.9 Å². The fraction of sp³-hybridized carbons (Fsp3) is 0.552. The lowest BCUT2D eigenvalue weighted by atomic mass is 9.97. The summed E-state index contributed by atoms with van der Waals surface area (Å²) in [4.78, 5) is 50.3. The number of allylic oxidation sites excluding steroid dienone is 1. The summed E-state index contributed by atoms with van der Waals surface area (Å²) in [5.74, 6) is 4.71. The summed E-state index contributed by atoms with van der Waals surface area (Å²) in [7, 11) is 0. The van der Waals surface area contributed by atoms with Crippen LogP contribution >= 0.6 is 0 Å². The Morgan fingerprint density at radius 3 is 1.18 bits per heavy atom. The normalized spacial score (nSPS) is 13.5. The average Bonchev–Trinajstić information content (AvgIpc) is 1.36. The highest BCUT2D eigenvalue weighted by atomic mass is 16.7.